The Labute approximate surface area is 134 Å². The molecule has 1 aromatic heterocycles. The Balaban J connectivity index is 2.20. The van der Waals surface area contributed by atoms with Crippen LogP contribution in [0.2, 0.25) is 0 Å². The maximum atomic E-state index is 11.4. The van der Waals surface area contributed by atoms with E-state index in [9.17, 15) is 9.90 Å². The molecule has 0 radical (unpaired) electrons. The summed E-state index contributed by atoms with van der Waals surface area (Å²) in [5, 5.41) is 9.33. The van der Waals surface area contributed by atoms with Gasteiger partial charge in [0.25, 0.3) is 0 Å². The molecule has 0 saturated heterocycles. The van der Waals surface area contributed by atoms with E-state index in [1.54, 1.807) is 34.7 Å². The maximum Gasteiger partial charge on any atom is 0.352 e. The van der Waals surface area contributed by atoms with Crippen molar-refractivity contribution in [1.82, 2.24) is 8.87 Å². The van der Waals surface area contributed by atoms with Crippen molar-refractivity contribution in [3.63, 3.8) is 0 Å². The summed E-state index contributed by atoms with van der Waals surface area (Å²) in [7, 11) is 0. The van der Waals surface area contributed by atoms with Crippen LogP contribution < -0.4 is 5.73 Å². The van der Waals surface area contributed by atoms with E-state index in [4.69, 9.17) is 5.73 Å². The first kappa shape index (κ1) is 16.4. The van der Waals surface area contributed by atoms with Gasteiger partial charge in [-0.3, -0.25) is 4.99 Å². The van der Waals surface area contributed by atoms with E-state index in [1.807, 2.05) is 6.92 Å². The second kappa shape index (κ2) is 7.33. The lowest BCUT2D eigenvalue weighted by Gasteiger charge is -2.24. The summed E-state index contributed by atoms with van der Waals surface area (Å²) in [4.78, 5) is 16.7. The van der Waals surface area contributed by atoms with E-state index < -0.39 is 5.97 Å². The van der Waals surface area contributed by atoms with Gasteiger partial charge in [0.1, 0.15) is 5.69 Å². The SMILES string of the molecule is C=CCn1c(C(=O)O)cc(SN2CCN=C(/C=C\N)C2)c1C. The summed E-state index contributed by atoms with van der Waals surface area (Å²) < 4.78 is 3.92. The van der Waals surface area contributed by atoms with Gasteiger partial charge in [0.15, 0.2) is 0 Å². The zero-order chi connectivity index (χ0) is 16.1. The van der Waals surface area contributed by atoms with E-state index in [1.165, 1.54) is 6.20 Å². The zero-order valence-electron chi connectivity index (χ0n) is 12.5. The summed E-state index contributed by atoms with van der Waals surface area (Å²) in [5.41, 5.74) is 7.56. The monoisotopic (exact) mass is 320 g/mol. The first-order valence-corrected chi connectivity index (χ1v) is 7.73. The van der Waals surface area contributed by atoms with Gasteiger partial charge in [0, 0.05) is 23.7 Å². The Hall–Kier alpha value is -1.99. The molecule has 0 fully saturated rings. The molecule has 0 spiro atoms. The molecule has 0 aromatic carbocycles. The third-order valence-corrected chi connectivity index (χ3v) is 4.55. The highest BCUT2D eigenvalue weighted by molar-refractivity contribution is 7.97. The van der Waals surface area contributed by atoms with Gasteiger partial charge in [0.05, 0.1) is 18.8 Å². The molecule has 2 rings (SSSR count). The molecule has 0 unspecified atom stereocenters. The van der Waals surface area contributed by atoms with Crippen molar-refractivity contribution in [2.75, 3.05) is 19.6 Å². The molecule has 0 amide bonds. The van der Waals surface area contributed by atoms with Gasteiger partial charge in [0.2, 0.25) is 0 Å². The normalized spacial score (nSPS) is 16.0. The van der Waals surface area contributed by atoms with Crippen LogP contribution in [0, 0.1) is 6.92 Å². The second-order valence-corrected chi connectivity index (χ2v) is 6.01. The molecule has 7 heteroatoms. The molecular weight excluding hydrogens is 300 g/mol. The first-order chi connectivity index (χ1) is 10.6. The molecule has 0 bridgehead atoms. The number of allylic oxidation sites excluding steroid dienone is 1. The molecule has 6 nitrogen and oxygen atoms in total. The molecule has 0 atom stereocenters. The van der Waals surface area contributed by atoms with Crippen LogP contribution in [0.25, 0.3) is 0 Å². The molecule has 1 aliphatic heterocycles. The number of carbonyl (C=O) groups is 1. The highest BCUT2D eigenvalue weighted by Gasteiger charge is 2.20. The lowest BCUT2D eigenvalue weighted by atomic mass is 10.3. The largest absolute Gasteiger partial charge is 0.477 e. The van der Waals surface area contributed by atoms with Crippen LogP contribution in [0.4, 0.5) is 0 Å². The molecule has 0 aliphatic carbocycles. The van der Waals surface area contributed by atoms with Gasteiger partial charge < -0.3 is 15.4 Å². The topological polar surface area (TPSA) is 83.9 Å². The summed E-state index contributed by atoms with van der Waals surface area (Å²) in [5.74, 6) is -0.927. The van der Waals surface area contributed by atoms with Crippen molar-refractivity contribution >= 4 is 23.6 Å². The summed E-state index contributed by atoms with van der Waals surface area (Å²) in [6, 6.07) is 1.72. The highest BCUT2D eigenvalue weighted by atomic mass is 32.2. The van der Waals surface area contributed by atoms with Gasteiger partial charge >= 0.3 is 5.97 Å². The fraction of sp³-hybridized carbons (Fsp3) is 0.333. The van der Waals surface area contributed by atoms with Crippen molar-refractivity contribution in [3.05, 3.63) is 42.4 Å². The minimum atomic E-state index is -0.927. The Morgan fingerprint density at radius 2 is 2.41 bits per heavy atom. The lowest BCUT2D eigenvalue weighted by Crippen LogP contribution is -2.30. The van der Waals surface area contributed by atoms with Gasteiger partial charge in [-0.1, -0.05) is 6.08 Å². The van der Waals surface area contributed by atoms with Crippen LogP contribution in [0.5, 0.6) is 0 Å². The van der Waals surface area contributed by atoms with Crippen LogP contribution in [-0.4, -0.2) is 45.3 Å². The van der Waals surface area contributed by atoms with Crippen LogP contribution in [0.15, 0.2) is 40.9 Å². The van der Waals surface area contributed by atoms with Crippen molar-refractivity contribution < 1.29 is 9.90 Å². The zero-order valence-corrected chi connectivity index (χ0v) is 13.3. The predicted molar refractivity (Wildman–Crippen MR) is 89.4 cm³/mol. The molecule has 22 heavy (non-hydrogen) atoms. The van der Waals surface area contributed by atoms with E-state index in [-0.39, 0.29) is 5.69 Å². The smallest absolute Gasteiger partial charge is 0.352 e. The van der Waals surface area contributed by atoms with Gasteiger partial charge in [-0.05, 0) is 37.2 Å². The molecule has 118 valence electrons. The number of hydrogen-bond acceptors (Lipinski definition) is 5. The molecule has 2 heterocycles. The summed E-state index contributed by atoms with van der Waals surface area (Å²) in [6.07, 6.45) is 4.98. The van der Waals surface area contributed by atoms with Crippen molar-refractivity contribution in [2.45, 2.75) is 18.4 Å². The third-order valence-electron chi connectivity index (χ3n) is 3.37. The number of rotatable bonds is 6. The first-order valence-electron chi connectivity index (χ1n) is 6.95. The minimum absolute atomic E-state index is 0.285. The number of nitrogens with two attached hydrogens (primary N) is 1. The fourth-order valence-corrected chi connectivity index (χ4v) is 3.36. The summed E-state index contributed by atoms with van der Waals surface area (Å²) >= 11 is 1.56. The van der Waals surface area contributed by atoms with Crippen LogP contribution in [0.1, 0.15) is 16.2 Å². The second-order valence-electron chi connectivity index (χ2n) is 4.87. The summed E-state index contributed by atoms with van der Waals surface area (Å²) in [6.45, 7) is 8.32. The van der Waals surface area contributed by atoms with E-state index in [2.05, 4.69) is 15.9 Å². The number of carboxylic acids is 1. The standard InChI is InChI=1S/C15H20N4O2S/c1-3-7-19-11(2)14(9-13(19)15(20)21)22-18-8-6-17-12(10-18)4-5-16/h3-5,9H,1,6-8,10,16H2,2H3,(H,20,21)/b5-4-. The predicted octanol–water partition coefficient (Wildman–Crippen LogP) is 1.92. The number of aromatic nitrogens is 1. The number of carboxylic acid groups (broad SMARTS) is 1. The lowest BCUT2D eigenvalue weighted by molar-refractivity contribution is 0.0685. The number of nitrogens with zero attached hydrogens (tertiary/aromatic N) is 3. The maximum absolute atomic E-state index is 11.4. The molecular formula is C15H20N4O2S. The molecule has 1 aliphatic rings. The van der Waals surface area contributed by atoms with Gasteiger partial charge in [-0.25, -0.2) is 9.10 Å². The highest BCUT2D eigenvalue weighted by Crippen LogP contribution is 2.30. The average molecular weight is 320 g/mol. The average Bonchev–Trinajstić information content (AvgIpc) is 2.78. The number of hydrogen-bond donors (Lipinski definition) is 2. The number of aromatic carboxylic acids is 1. The Morgan fingerprint density at radius 1 is 1.64 bits per heavy atom. The van der Waals surface area contributed by atoms with Crippen molar-refractivity contribution in [1.29, 1.82) is 0 Å². The fourth-order valence-electron chi connectivity index (χ4n) is 2.30. The Morgan fingerprint density at radius 3 is 3.05 bits per heavy atom. The van der Waals surface area contributed by atoms with Gasteiger partial charge in [-0.15, -0.1) is 6.58 Å². The van der Waals surface area contributed by atoms with Crippen LogP contribution in [0.3, 0.4) is 0 Å². The molecule has 3 N–H and O–H groups in total. The van der Waals surface area contributed by atoms with E-state index in [0.717, 1.165) is 22.8 Å². The molecule has 1 aromatic rings. The van der Waals surface area contributed by atoms with Crippen molar-refractivity contribution in [2.24, 2.45) is 10.7 Å². The molecule has 0 saturated carbocycles. The Kier molecular flexibility index (Phi) is 5.46. The van der Waals surface area contributed by atoms with E-state index >= 15 is 0 Å². The Bertz CT molecular complexity index is 634. The van der Waals surface area contributed by atoms with Gasteiger partial charge in [-0.2, -0.15) is 0 Å². The number of aliphatic imine (C=N–C) groups is 1. The van der Waals surface area contributed by atoms with Crippen LogP contribution in [-0.2, 0) is 6.54 Å². The minimum Gasteiger partial charge on any atom is -0.477 e. The quantitative estimate of drug-likeness (QED) is 0.618. The van der Waals surface area contributed by atoms with Crippen LogP contribution >= 0.6 is 11.9 Å². The third kappa shape index (κ3) is 3.61. The van der Waals surface area contributed by atoms with E-state index in [0.29, 0.717) is 19.6 Å². The van der Waals surface area contributed by atoms with Crippen molar-refractivity contribution in [3.8, 4) is 0 Å².